The van der Waals surface area contributed by atoms with Crippen molar-refractivity contribution in [1.82, 2.24) is 0 Å². The number of hydrogen-bond acceptors (Lipinski definition) is 17. The SMILES string of the molecule is CC1C[C@@]23CC[C@@H]4[C@](C)(C(=O)O[C@@H]5O[C@H](COC=O)[C@@H](O)[C@H](O)[C@H]5O)CCC[C@@]4(C)C2CC[C@]1(CCO[C@@H]1O[C@H](CO)C(O)C[C@H]1OC1C[C@@H](O)[C@H](O)[C@@H](CO)O1)C3. The molecular weight excluding hydrogens is 764 g/mol. The predicted octanol–water partition coefficient (Wildman–Crippen LogP) is 0.0186. The maximum absolute atomic E-state index is 14.2. The molecule has 0 aromatic rings. The predicted molar refractivity (Wildman–Crippen MR) is 198 cm³/mol. The first-order valence-corrected chi connectivity index (χ1v) is 21.3. The fraction of sp³-hybridized carbons (Fsp3) is 0.951. The van der Waals surface area contributed by atoms with Crippen molar-refractivity contribution in [2.24, 2.45) is 39.4 Å². The average molecular weight is 831 g/mol. The standard InChI is InChI=1S/C41H66O17/c1-21-15-41-10-5-28-38(2,7-4-8-39(28,3)37(51)58-36-34(50)33(49)32(48)27(57-36)18-52-20-44)29(41)6-9-40(21,19-41)11-12-53-35-24(13-22(45)25(16-42)56-35)54-30-14-23(46)31(47)26(17-43)55-30/h20-36,42-43,45-50H,4-19H2,1-3H3/t21?,22?,23-,24-,25-,26-,27-,28+,29?,30?,31+,32-,33+,34-,35-,36+,38-,39-,40+,41-/m1/s1. The van der Waals surface area contributed by atoms with E-state index in [1.165, 1.54) is 0 Å². The molecule has 20 atom stereocenters. The number of rotatable bonds is 13. The Morgan fingerprint density at radius 3 is 2.24 bits per heavy atom. The van der Waals surface area contributed by atoms with E-state index < -0.39 is 105 Å². The normalized spacial score (nSPS) is 51.6. The highest BCUT2D eigenvalue weighted by atomic mass is 16.7. The topological polar surface area (TPSA) is 261 Å². The molecule has 58 heavy (non-hydrogen) atoms. The third-order valence-corrected chi connectivity index (χ3v) is 16.1. The van der Waals surface area contributed by atoms with Crippen LogP contribution in [-0.4, -0.2) is 160 Å². The molecule has 0 radical (unpaired) electrons. The van der Waals surface area contributed by atoms with E-state index in [9.17, 15) is 50.4 Å². The van der Waals surface area contributed by atoms with Crippen molar-refractivity contribution >= 4 is 12.4 Å². The quantitative estimate of drug-likeness (QED) is 0.0899. The molecule has 4 unspecified atom stereocenters. The van der Waals surface area contributed by atoms with Crippen molar-refractivity contribution in [3.63, 3.8) is 0 Å². The Balaban J connectivity index is 1.00. The minimum Gasteiger partial charge on any atom is -0.465 e. The molecule has 4 saturated carbocycles. The monoisotopic (exact) mass is 830 g/mol. The molecule has 0 amide bonds. The molecule has 7 aliphatic rings. The summed E-state index contributed by atoms with van der Waals surface area (Å²) in [5.74, 6) is 0.287. The Bertz CT molecular complexity index is 1440. The smallest absolute Gasteiger partial charge is 0.314 e. The van der Waals surface area contributed by atoms with E-state index in [0.717, 1.165) is 57.8 Å². The molecule has 7 fully saturated rings. The van der Waals surface area contributed by atoms with Crippen LogP contribution in [0.4, 0.5) is 0 Å². The van der Waals surface area contributed by atoms with Crippen LogP contribution in [0.25, 0.3) is 0 Å². The van der Waals surface area contributed by atoms with Crippen molar-refractivity contribution in [1.29, 1.82) is 0 Å². The van der Waals surface area contributed by atoms with Crippen molar-refractivity contribution in [3.05, 3.63) is 0 Å². The molecule has 17 nitrogen and oxygen atoms in total. The minimum absolute atomic E-state index is 0.00874. The molecule has 2 bridgehead atoms. The van der Waals surface area contributed by atoms with Gasteiger partial charge in [0.25, 0.3) is 6.47 Å². The van der Waals surface area contributed by atoms with Crippen LogP contribution < -0.4 is 0 Å². The van der Waals surface area contributed by atoms with E-state index in [1.54, 1.807) is 0 Å². The molecule has 8 N–H and O–H groups in total. The molecule has 7 rings (SSSR count). The molecule has 4 aliphatic carbocycles. The Morgan fingerprint density at radius 2 is 1.52 bits per heavy atom. The van der Waals surface area contributed by atoms with Crippen LogP contribution in [0.15, 0.2) is 0 Å². The van der Waals surface area contributed by atoms with Gasteiger partial charge < -0.3 is 74.0 Å². The van der Waals surface area contributed by atoms with Gasteiger partial charge in [0.05, 0.1) is 37.4 Å². The van der Waals surface area contributed by atoms with Crippen LogP contribution in [-0.2, 0) is 42.7 Å². The number of hydrogen-bond donors (Lipinski definition) is 8. The number of esters is 1. The number of carbonyl (C=O) groups is 2. The highest BCUT2D eigenvalue weighted by molar-refractivity contribution is 5.77. The zero-order valence-corrected chi connectivity index (χ0v) is 33.9. The highest BCUT2D eigenvalue weighted by Crippen LogP contribution is 2.75. The van der Waals surface area contributed by atoms with Gasteiger partial charge in [0.1, 0.15) is 55.4 Å². The van der Waals surface area contributed by atoms with Crippen molar-refractivity contribution in [2.45, 2.75) is 178 Å². The first-order chi connectivity index (χ1) is 27.5. The first-order valence-electron chi connectivity index (χ1n) is 21.3. The van der Waals surface area contributed by atoms with Crippen LogP contribution in [0.2, 0.25) is 0 Å². The summed E-state index contributed by atoms with van der Waals surface area (Å²) in [5.41, 5.74) is -0.924. The van der Waals surface area contributed by atoms with Crippen molar-refractivity contribution < 1.29 is 83.6 Å². The summed E-state index contributed by atoms with van der Waals surface area (Å²) in [4.78, 5) is 25.0. The molecule has 3 aliphatic heterocycles. The Hall–Kier alpha value is -1.58. The summed E-state index contributed by atoms with van der Waals surface area (Å²) >= 11 is 0. The number of carbonyl (C=O) groups excluding carboxylic acids is 2. The second-order valence-corrected chi connectivity index (χ2v) is 19.2. The van der Waals surface area contributed by atoms with Gasteiger partial charge in [-0.1, -0.05) is 20.3 Å². The van der Waals surface area contributed by atoms with E-state index >= 15 is 0 Å². The van der Waals surface area contributed by atoms with Crippen LogP contribution >= 0.6 is 0 Å². The molecule has 17 heteroatoms. The van der Waals surface area contributed by atoms with Crippen LogP contribution in [0.3, 0.4) is 0 Å². The van der Waals surface area contributed by atoms with Gasteiger partial charge >= 0.3 is 5.97 Å². The van der Waals surface area contributed by atoms with Crippen molar-refractivity contribution in [2.75, 3.05) is 26.4 Å². The van der Waals surface area contributed by atoms with E-state index in [2.05, 4.69) is 13.8 Å². The van der Waals surface area contributed by atoms with Gasteiger partial charge in [0.15, 0.2) is 12.6 Å². The fourth-order valence-electron chi connectivity index (χ4n) is 13.2. The zero-order valence-electron chi connectivity index (χ0n) is 33.9. The van der Waals surface area contributed by atoms with Crippen LogP contribution in [0.5, 0.6) is 0 Å². The number of aliphatic hydroxyl groups excluding tert-OH is 8. The lowest BCUT2D eigenvalue weighted by Crippen LogP contribution is -2.62. The summed E-state index contributed by atoms with van der Waals surface area (Å²) in [7, 11) is 0. The van der Waals surface area contributed by atoms with Gasteiger partial charge in [0.2, 0.25) is 6.29 Å². The molecule has 332 valence electrons. The second kappa shape index (κ2) is 17.3. The Kier molecular flexibility index (Phi) is 13.3. The maximum atomic E-state index is 14.2. The lowest BCUT2D eigenvalue weighted by atomic mass is 9.40. The van der Waals surface area contributed by atoms with E-state index in [0.29, 0.717) is 24.9 Å². The number of aliphatic hydroxyl groups is 8. The van der Waals surface area contributed by atoms with E-state index in [-0.39, 0.29) is 48.1 Å². The summed E-state index contributed by atoms with van der Waals surface area (Å²) in [5, 5.41) is 82.4. The third kappa shape index (κ3) is 7.88. The van der Waals surface area contributed by atoms with Crippen LogP contribution in [0.1, 0.15) is 97.8 Å². The van der Waals surface area contributed by atoms with Crippen LogP contribution in [0, 0.1) is 39.4 Å². The Labute approximate surface area is 339 Å². The molecular formula is C41H66O17. The second-order valence-electron chi connectivity index (χ2n) is 19.2. The molecule has 3 heterocycles. The summed E-state index contributed by atoms with van der Waals surface area (Å²) in [6, 6.07) is 0. The Morgan fingerprint density at radius 1 is 0.793 bits per heavy atom. The third-order valence-electron chi connectivity index (χ3n) is 16.1. The van der Waals surface area contributed by atoms with Crippen molar-refractivity contribution in [3.8, 4) is 0 Å². The molecule has 0 aromatic heterocycles. The zero-order chi connectivity index (χ0) is 41.8. The molecule has 1 spiro atoms. The van der Waals surface area contributed by atoms with Gasteiger partial charge in [-0.2, -0.15) is 0 Å². The average Bonchev–Trinajstić information content (AvgIpc) is 3.39. The maximum Gasteiger partial charge on any atom is 0.314 e. The van der Waals surface area contributed by atoms with Gasteiger partial charge in [0, 0.05) is 12.8 Å². The number of ether oxygens (including phenoxy) is 7. The summed E-state index contributed by atoms with van der Waals surface area (Å²) in [6.07, 6.45) is -6.59. The minimum atomic E-state index is -1.68. The molecule has 0 aromatic carbocycles. The lowest BCUT2D eigenvalue weighted by molar-refractivity contribution is -0.330. The largest absolute Gasteiger partial charge is 0.465 e. The van der Waals surface area contributed by atoms with E-state index in [1.807, 2.05) is 6.92 Å². The lowest BCUT2D eigenvalue weighted by Gasteiger charge is -2.64. The summed E-state index contributed by atoms with van der Waals surface area (Å²) in [6.45, 7) is 5.87. The number of fused-ring (bicyclic) bond motifs is 3. The van der Waals surface area contributed by atoms with Gasteiger partial charge in [-0.15, -0.1) is 0 Å². The summed E-state index contributed by atoms with van der Waals surface area (Å²) < 4.78 is 40.5. The van der Waals surface area contributed by atoms with Gasteiger partial charge in [-0.25, -0.2) is 0 Å². The van der Waals surface area contributed by atoms with E-state index in [4.69, 9.17) is 33.2 Å². The van der Waals surface area contributed by atoms with Gasteiger partial charge in [-0.05, 0) is 98.7 Å². The highest BCUT2D eigenvalue weighted by Gasteiger charge is 2.68. The van der Waals surface area contributed by atoms with Gasteiger partial charge in [-0.3, -0.25) is 9.59 Å². The first kappa shape index (κ1) is 44.5. The fourth-order valence-corrected chi connectivity index (χ4v) is 13.2. The molecule has 3 saturated heterocycles.